The summed E-state index contributed by atoms with van der Waals surface area (Å²) in [5.74, 6) is -1.44. The molecule has 0 bridgehead atoms. The molecule has 1 aliphatic heterocycles. The van der Waals surface area contributed by atoms with Gasteiger partial charge in [-0.3, -0.25) is 14.4 Å². The first-order valence-electron chi connectivity index (χ1n) is 14.8. The molecule has 48 heavy (non-hydrogen) atoms. The molecule has 0 radical (unpaired) electrons. The Morgan fingerprint density at radius 1 is 1.04 bits per heavy atom. The van der Waals surface area contributed by atoms with Crippen LogP contribution in [0.1, 0.15) is 45.9 Å². The zero-order valence-corrected chi connectivity index (χ0v) is 26.0. The van der Waals surface area contributed by atoms with Gasteiger partial charge in [-0.05, 0) is 49.6 Å². The van der Waals surface area contributed by atoms with Crippen molar-refractivity contribution in [3.8, 4) is 17.1 Å². The van der Waals surface area contributed by atoms with E-state index < -0.39 is 35.8 Å². The van der Waals surface area contributed by atoms with E-state index in [2.05, 4.69) is 36.3 Å². The summed E-state index contributed by atoms with van der Waals surface area (Å²) in [4.78, 5) is 46.4. The van der Waals surface area contributed by atoms with E-state index in [1.54, 1.807) is 0 Å². The number of aliphatic hydroxyl groups excluding tert-OH is 1. The van der Waals surface area contributed by atoms with Crippen LogP contribution in [0.4, 0.5) is 24.5 Å². The van der Waals surface area contributed by atoms with Crippen molar-refractivity contribution in [1.29, 1.82) is 0 Å². The average molecular weight is 687 g/mol. The number of nitrogens with zero attached hydrogens (tertiary/aromatic N) is 5. The minimum atomic E-state index is -4.82. The van der Waals surface area contributed by atoms with E-state index >= 15 is 0 Å². The van der Waals surface area contributed by atoms with Gasteiger partial charge in [0.25, 0.3) is 11.8 Å². The Balaban J connectivity index is 1.09. The Bertz CT molecular complexity index is 1870. The topological polar surface area (TPSA) is 194 Å². The number of carbonyl (C=O) groups excluding carboxylic acids is 3. The number of β-amino-alcohol motifs (C(OH)–C–C–N with tert-alkyl or cyclic N) is 1. The fraction of sp³-hybridized carbons (Fsp3) is 0.333. The van der Waals surface area contributed by atoms with Gasteiger partial charge in [0, 0.05) is 37.6 Å². The highest BCUT2D eigenvalue weighted by molar-refractivity contribution is 6.34. The normalized spacial score (nSPS) is 20.6. The van der Waals surface area contributed by atoms with Gasteiger partial charge < -0.3 is 36.7 Å². The number of nitrogens with one attached hydrogen (secondary N) is 4. The predicted octanol–water partition coefficient (Wildman–Crippen LogP) is 2.27. The average Bonchev–Trinajstić information content (AvgIpc) is 3.74. The Hall–Kier alpha value is -5.00. The Kier molecular flexibility index (Phi) is 8.84. The number of rotatable bonds is 8. The summed E-state index contributed by atoms with van der Waals surface area (Å²) in [5, 5.41) is 24.7. The summed E-state index contributed by atoms with van der Waals surface area (Å²) in [6, 6.07) is 6.45. The van der Waals surface area contributed by atoms with Gasteiger partial charge >= 0.3 is 6.18 Å². The number of imidazole rings is 1. The van der Waals surface area contributed by atoms with Gasteiger partial charge in [-0.15, -0.1) is 0 Å². The van der Waals surface area contributed by atoms with Gasteiger partial charge in [0.15, 0.2) is 17.3 Å². The van der Waals surface area contributed by atoms with Crippen LogP contribution in [0.5, 0.6) is 0 Å². The summed E-state index contributed by atoms with van der Waals surface area (Å²) in [6.45, 7) is 0.374. The second-order valence-corrected chi connectivity index (χ2v) is 12.1. The lowest BCUT2D eigenvalue weighted by Gasteiger charge is -2.36. The van der Waals surface area contributed by atoms with Crippen molar-refractivity contribution in [3.63, 3.8) is 0 Å². The van der Waals surface area contributed by atoms with Gasteiger partial charge in [-0.2, -0.15) is 18.3 Å². The minimum Gasteiger partial charge on any atom is -0.397 e. The van der Waals surface area contributed by atoms with Crippen molar-refractivity contribution >= 4 is 40.7 Å². The Morgan fingerprint density at radius 3 is 2.44 bits per heavy atom. The van der Waals surface area contributed by atoms with Crippen LogP contribution in [-0.4, -0.2) is 77.9 Å². The van der Waals surface area contributed by atoms with Crippen LogP contribution in [0.15, 0.2) is 48.9 Å². The quantitative estimate of drug-likeness (QED) is 0.161. The molecule has 1 saturated heterocycles. The summed E-state index contributed by atoms with van der Waals surface area (Å²) in [7, 11) is 1.39. The third-order valence-corrected chi connectivity index (χ3v) is 8.48. The van der Waals surface area contributed by atoms with Crippen molar-refractivity contribution in [2.24, 2.45) is 7.05 Å². The molecular formula is C30H30ClF3N10O4. The highest BCUT2D eigenvalue weighted by Gasteiger charge is 2.39. The van der Waals surface area contributed by atoms with Crippen molar-refractivity contribution in [3.05, 3.63) is 71.0 Å². The number of carbonyl (C=O) groups is 3. The van der Waals surface area contributed by atoms with Crippen molar-refractivity contribution in [2.75, 3.05) is 17.6 Å². The molecule has 3 amide bonds. The Labute approximate surface area is 275 Å². The largest absolute Gasteiger partial charge is 0.435 e. The first-order chi connectivity index (χ1) is 22.8. The van der Waals surface area contributed by atoms with E-state index in [0.717, 1.165) is 17.1 Å². The maximum Gasteiger partial charge on any atom is 0.435 e. The zero-order chi connectivity index (χ0) is 34.3. The molecule has 252 valence electrons. The third-order valence-electron chi connectivity index (χ3n) is 8.17. The molecule has 1 aliphatic carbocycles. The molecule has 1 aromatic carbocycles. The SMILES string of the molecule is Cn1c(-c2cn(-c3ccc(N)cn3)nc2C(F)(F)F)cnc1C(=O)Nc1ccc(C(=O)N[C@H]2C[C@H](NC(=O)[C@@H]3C[C@@H](O)CN3)C2)c(Cl)c1. The number of hydrogen-bond acceptors (Lipinski definition) is 9. The van der Waals surface area contributed by atoms with Crippen LogP contribution in [0.3, 0.4) is 0 Å². The number of hydrogen-bond donors (Lipinski definition) is 6. The summed E-state index contributed by atoms with van der Waals surface area (Å²) in [5.41, 5.74) is 4.81. The fourth-order valence-electron chi connectivity index (χ4n) is 5.59. The number of aromatic nitrogens is 5. The number of anilines is 2. The predicted molar refractivity (Wildman–Crippen MR) is 167 cm³/mol. The van der Waals surface area contributed by atoms with Crippen LogP contribution in [0, 0.1) is 0 Å². The molecule has 0 spiro atoms. The van der Waals surface area contributed by atoms with Gasteiger partial charge in [0.1, 0.15) is 0 Å². The second kappa shape index (κ2) is 12.9. The summed E-state index contributed by atoms with van der Waals surface area (Å²) < 4.78 is 44.1. The molecule has 1 saturated carbocycles. The Morgan fingerprint density at radius 2 is 1.79 bits per heavy atom. The minimum absolute atomic E-state index is 0.0222. The molecule has 6 rings (SSSR count). The third kappa shape index (κ3) is 6.83. The molecule has 0 unspecified atom stereocenters. The number of amides is 3. The van der Waals surface area contributed by atoms with Gasteiger partial charge in [-0.25, -0.2) is 14.6 Å². The molecule has 3 aromatic heterocycles. The number of nitrogen functional groups attached to an aromatic ring is 1. The van der Waals surface area contributed by atoms with Crippen molar-refractivity contribution in [1.82, 2.24) is 40.3 Å². The first-order valence-corrected chi connectivity index (χ1v) is 15.2. The van der Waals surface area contributed by atoms with E-state index in [4.69, 9.17) is 17.3 Å². The molecule has 4 heterocycles. The molecule has 2 aliphatic rings. The molecule has 2 fully saturated rings. The van der Waals surface area contributed by atoms with Crippen molar-refractivity contribution < 1.29 is 32.7 Å². The van der Waals surface area contributed by atoms with Crippen molar-refractivity contribution in [2.45, 2.75) is 49.7 Å². The van der Waals surface area contributed by atoms with Crippen LogP contribution >= 0.6 is 11.6 Å². The number of halogens is 4. The van der Waals surface area contributed by atoms with E-state index in [1.165, 1.54) is 48.1 Å². The summed E-state index contributed by atoms with van der Waals surface area (Å²) in [6.07, 6.45) is -0.369. The lowest BCUT2D eigenvalue weighted by Crippen LogP contribution is -2.56. The van der Waals surface area contributed by atoms with Crippen LogP contribution < -0.4 is 27.0 Å². The first kappa shape index (κ1) is 32.9. The van der Waals surface area contributed by atoms with Gasteiger partial charge in [0.05, 0.1) is 52.1 Å². The molecular weight excluding hydrogens is 657 g/mol. The molecule has 14 nitrogen and oxygen atoms in total. The number of pyridine rings is 1. The van der Waals surface area contributed by atoms with E-state index in [1.807, 2.05) is 0 Å². The van der Waals surface area contributed by atoms with E-state index in [0.29, 0.717) is 31.5 Å². The molecule has 18 heteroatoms. The lowest BCUT2D eigenvalue weighted by atomic mass is 9.86. The monoisotopic (exact) mass is 686 g/mol. The van der Waals surface area contributed by atoms with Crippen LogP contribution in [-0.2, 0) is 18.0 Å². The van der Waals surface area contributed by atoms with E-state index in [-0.39, 0.29) is 57.2 Å². The summed E-state index contributed by atoms with van der Waals surface area (Å²) >= 11 is 6.37. The number of nitrogens with two attached hydrogens (primary N) is 1. The van der Waals surface area contributed by atoms with E-state index in [9.17, 15) is 32.7 Å². The highest BCUT2D eigenvalue weighted by atomic mass is 35.5. The van der Waals surface area contributed by atoms with Crippen LogP contribution in [0.2, 0.25) is 5.02 Å². The molecule has 4 aromatic rings. The second-order valence-electron chi connectivity index (χ2n) is 11.7. The smallest absolute Gasteiger partial charge is 0.397 e. The standard InChI is InChI=1S/C30H30ClF3N10O4/c1-43-23(20-13-44(42-25(20)30(32,33)34)24-5-2-14(35)10-37-24)12-38-26(43)29(48)39-15-3-4-19(21(31)8-15)27(46)40-16-6-17(7-16)41-28(47)22-9-18(45)11-36-22/h2-5,8,10,12-13,16-18,22,36,45H,6-7,9,11,35H2,1H3,(H,39,48)(H,40,46)(H,41,47)/t16-,17-,18-,22+/m1/s1. The maximum absolute atomic E-state index is 14.0. The number of alkyl halides is 3. The zero-order valence-electron chi connectivity index (χ0n) is 25.3. The highest BCUT2D eigenvalue weighted by Crippen LogP contribution is 2.37. The maximum atomic E-state index is 14.0. The molecule has 7 N–H and O–H groups in total. The molecule has 2 atom stereocenters. The number of aliphatic hydroxyl groups is 1. The lowest BCUT2D eigenvalue weighted by molar-refractivity contribution is -0.140. The fourth-order valence-corrected chi connectivity index (χ4v) is 5.86. The van der Waals surface area contributed by atoms with Crippen LogP contribution in [0.25, 0.3) is 17.1 Å². The number of benzene rings is 1. The van der Waals surface area contributed by atoms with Gasteiger partial charge in [-0.1, -0.05) is 11.6 Å². The van der Waals surface area contributed by atoms with Gasteiger partial charge in [0.2, 0.25) is 5.91 Å².